The fourth-order valence-electron chi connectivity index (χ4n) is 4.09. The lowest BCUT2D eigenvalue weighted by atomic mass is 9.97. The molecule has 3 heterocycles. The topological polar surface area (TPSA) is 41.1 Å². The Kier molecular flexibility index (Phi) is 4.97. The number of nitrogens with one attached hydrogen (secondary N) is 1. The number of hydrogen-bond acceptors (Lipinski definition) is 4. The number of rotatable bonds is 4. The van der Waals surface area contributed by atoms with E-state index in [2.05, 4.69) is 47.5 Å². The molecule has 4 heteroatoms. The molecule has 1 atom stereocenters. The Labute approximate surface area is 150 Å². The van der Waals surface area contributed by atoms with Crippen molar-refractivity contribution in [3.63, 3.8) is 0 Å². The Morgan fingerprint density at radius 3 is 2.84 bits per heavy atom. The van der Waals surface area contributed by atoms with Crippen LogP contribution in [0.1, 0.15) is 47.8 Å². The standard InChI is InChI=1S/C21H28N4/c1-16-19-10-6-13-25(14-11-17-7-3-2-4-8-17)21(19)24-20(23-16)18-9-5-12-22-15-18/h2-4,7-8,18,22H,5-6,9-15H2,1H3/t18-/m0/s1. The summed E-state index contributed by atoms with van der Waals surface area (Å²) in [5, 5.41) is 3.50. The third kappa shape index (κ3) is 3.69. The lowest BCUT2D eigenvalue weighted by Crippen LogP contribution is -2.34. The summed E-state index contributed by atoms with van der Waals surface area (Å²) < 4.78 is 0. The van der Waals surface area contributed by atoms with Gasteiger partial charge in [0.25, 0.3) is 0 Å². The highest BCUT2D eigenvalue weighted by molar-refractivity contribution is 5.51. The van der Waals surface area contributed by atoms with Crippen molar-refractivity contribution >= 4 is 5.82 Å². The lowest BCUT2D eigenvalue weighted by molar-refractivity contribution is 0.444. The molecule has 0 amide bonds. The third-order valence-electron chi connectivity index (χ3n) is 5.54. The van der Waals surface area contributed by atoms with Crippen LogP contribution < -0.4 is 10.2 Å². The van der Waals surface area contributed by atoms with Crippen LogP contribution in [0.25, 0.3) is 0 Å². The van der Waals surface area contributed by atoms with Crippen molar-refractivity contribution in [2.24, 2.45) is 0 Å². The zero-order chi connectivity index (χ0) is 17.1. The second-order valence-corrected chi connectivity index (χ2v) is 7.34. The molecule has 1 aromatic heterocycles. The van der Waals surface area contributed by atoms with Gasteiger partial charge in [0.05, 0.1) is 0 Å². The zero-order valence-corrected chi connectivity index (χ0v) is 15.2. The number of aromatic nitrogens is 2. The maximum absolute atomic E-state index is 5.07. The van der Waals surface area contributed by atoms with Crippen LogP contribution in [0.5, 0.6) is 0 Å². The fraction of sp³-hybridized carbons (Fsp3) is 0.524. The molecule has 132 valence electrons. The first kappa shape index (κ1) is 16.5. The van der Waals surface area contributed by atoms with Crippen molar-refractivity contribution in [1.29, 1.82) is 0 Å². The molecule has 2 aromatic rings. The first-order valence-corrected chi connectivity index (χ1v) is 9.68. The summed E-state index contributed by atoms with van der Waals surface area (Å²) in [5.74, 6) is 2.72. The van der Waals surface area contributed by atoms with Crippen molar-refractivity contribution in [2.45, 2.75) is 44.9 Å². The van der Waals surface area contributed by atoms with Crippen LogP contribution in [-0.4, -0.2) is 36.1 Å². The van der Waals surface area contributed by atoms with Gasteiger partial charge in [0.2, 0.25) is 0 Å². The summed E-state index contributed by atoms with van der Waals surface area (Å²) in [6.45, 7) is 6.46. The van der Waals surface area contributed by atoms with Crippen LogP contribution in [-0.2, 0) is 12.8 Å². The van der Waals surface area contributed by atoms with E-state index in [4.69, 9.17) is 9.97 Å². The number of fused-ring (bicyclic) bond motifs is 1. The number of benzene rings is 1. The van der Waals surface area contributed by atoms with Crippen molar-refractivity contribution in [3.05, 3.63) is 53.0 Å². The van der Waals surface area contributed by atoms with Gasteiger partial charge in [-0.2, -0.15) is 0 Å². The van der Waals surface area contributed by atoms with Gasteiger partial charge in [0.1, 0.15) is 11.6 Å². The second kappa shape index (κ2) is 7.52. The molecule has 0 bridgehead atoms. The SMILES string of the molecule is Cc1nc([C@H]2CCCNC2)nc2c1CCCN2CCc1ccccc1. The van der Waals surface area contributed by atoms with E-state index in [1.54, 1.807) is 0 Å². The molecule has 25 heavy (non-hydrogen) atoms. The summed E-state index contributed by atoms with van der Waals surface area (Å²) in [5.41, 5.74) is 3.96. The molecule has 1 fully saturated rings. The first-order valence-electron chi connectivity index (χ1n) is 9.68. The number of piperidine rings is 1. The van der Waals surface area contributed by atoms with Gasteiger partial charge in [0, 0.05) is 36.8 Å². The molecule has 1 N–H and O–H groups in total. The van der Waals surface area contributed by atoms with E-state index < -0.39 is 0 Å². The normalized spacial score (nSPS) is 20.4. The van der Waals surface area contributed by atoms with Gasteiger partial charge >= 0.3 is 0 Å². The number of anilines is 1. The van der Waals surface area contributed by atoms with E-state index >= 15 is 0 Å². The highest BCUT2D eigenvalue weighted by atomic mass is 15.2. The van der Waals surface area contributed by atoms with Gasteiger partial charge in [-0.3, -0.25) is 0 Å². The number of nitrogens with zero attached hydrogens (tertiary/aromatic N) is 3. The predicted octanol–water partition coefficient (Wildman–Crippen LogP) is 3.25. The van der Waals surface area contributed by atoms with Crippen LogP contribution >= 0.6 is 0 Å². The first-order chi connectivity index (χ1) is 12.3. The minimum absolute atomic E-state index is 0.468. The third-order valence-corrected chi connectivity index (χ3v) is 5.54. The lowest BCUT2D eigenvalue weighted by Gasteiger charge is -2.32. The average molecular weight is 336 g/mol. The van der Waals surface area contributed by atoms with Gasteiger partial charge in [-0.25, -0.2) is 9.97 Å². The molecule has 4 nitrogen and oxygen atoms in total. The van der Waals surface area contributed by atoms with E-state index in [0.29, 0.717) is 5.92 Å². The van der Waals surface area contributed by atoms with E-state index in [1.165, 1.54) is 41.9 Å². The maximum Gasteiger partial charge on any atom is 0.135 e. The molecule has 0 saturated carbocycles. The van der Waals surface area contributed by atoms with Crippen LogP contribution in [0.4, 0.5) is 5.82 Å². The minimum Gasteiger partial charge on any atom is -0.356 e. The monoisotopic (exact) mass is 336 g/mol. The van der Waals surface area contributed by atoms with Crippen LogP contribution in [0.2, 0.25) is 0 Å². The summed E-state index contributed by atoms with van der Waals surface area (Å²) >= 11 is 0. The van der Waals surface area contributed by atoms with Crippen molar-refractivity contribution in [1.82, 2.24) is 15.3 Å². The highest BCUT2D eigenvalue weighted by Gasteiger charge is 2.25. The van der Waals surface area contributed by atoms with E-state index in [1.807, 2.05) is 0 Å². The summed E-state index contributed by atoms with van der Waals surface area (Å²) in [4.78, 5) is 12.4. The summed E-state index contributed by atoms with van der Waals surface area (Å²) in [6.07, 6.45) is 5.82. The smallest absolute Gasteiger partial charge is 0.135 e. The van der Waals surface area contributed by atoms with E-state index in [0.717, 1.165) is 44.8 Å². The molecule has 0 radical (unpaired) electrons. The molecule has 1 saturated heterocycles. The Hall–Kier alpha value is -1.94. The molecule has 0 spiro atoms. The van der Waals surface area contributed by atoms with Gasteiger partial charge in [0.15, 0.2) is 0 Å². The number of hydrogen-bond donors (Lipinski definition) is 1. The minimum atomic E-state index is 0.468. The molecule has 4 rings (SSSR count). The van der Waals surface area contributed by atoms with E-state index in [9.17, 15) is 0 Å². The van der Waals surface area contributed by atoms with Gasteiger partial charge < -0.3 is 10.2 Å². The quantitative estimate of drug-likeness (QED) is 0.930. The summed E-state index contributed by atoms with van der Waals surface area (Å²) in [6, 6.07) is 10.8. The Balaban J connectivity index is 1.57. The van der Waals surface area contributed by atoms with Gasteiger partial charge in [-0.05, 0) is 51.1 Å². The molecule has 0 aliphatic carbocycles. The highest BCUT2D eigenvalue weighted by Crippen LogP contribution is 2.30. The Bertz CT molecular complexity index is 707. The second-order valence-electron chi connectivity index (χ2n) is 7.34. The molecule has 0 unspecified atom stereocenters. The van der Waals surface area contributed by atoms with Gasteiger partial charge in [-0.1, -0.05) is 30.3 Å². The van der Waals surface area contributed by atoms with Crippen LogP contribution in [0.3, 0.4) is 0 Å². The predicted molar refractivity (Wildman–Crippen MR) is 102 cm³/mol. The molecule has 2 aliphatic rings. The van der Waals surface area contributed by atoms with Crippen LogP contribution in [0, 0.1) is 6.92 Å². The number of aryl methyl sites for hydroxylation is 1. The Morgan fingerprint density at radius 1 is 1.16 bits per heavy atom. The van der Waals surface area contributed by atoms with Crippen LogP contribution in [0.15, 0.2) is 30.3 Å². The van der Waals surface area contributed by atoms with Crippen molar-refractivity contribution in [3.8, 4) is 0 Å². The average Bonchev–Trinajstić information content (AvgIpc) is 2.68. The maximum atomic E-state index is 5.07. The van der Waals surface area contributed by atoms with E-state index in [-0.39, 0.29) is 0 Å². The zero-order valence-electron chi connectivity index (χ0n) is 15.2. The fourth-order valence-corrected chi connectivity index (χ4v) is 4.09. The van der Waals surface area contributed by atoms with Gasteiger partial charge in [-0.15, -0.1) is 0 Å². The van der Waals surface area contributed by atoms with Crippen molar-refractivity contribution < 1.29 is 0 Å². The molecule has 1 aromatic carbocycles. The molecular weight excluding hydrogens is 308 g/mol. The largest absolute Gasteiger partial charge is 0.356 e. The summed E-state index contributed by atoms with van der Waals surface area (Å²) in [7, 11) is 0. The Morgan fingerprint density at radius 2 is 2.04 bits per heavy atom. The molecular formula is C21H28N4. The molecule has 2 aliphatic heterocycles. The van der Waals surface area contributed by atoms with Crippen molar-refractivity contribution in [2.75, 3.05) is 31.1 Å².